The van der Waals surface area contributed by atoms with Crippen molar-refractivity contribution in [2.24, 2.45) is 11.3 Å². The van der Waals surface area contributed by atoms with Crippen LogP contribution in [0.25, 0.3) is 0 Å². The molecule has 2 fully saturated rings. The number of likely N-dealkylation sites (tertiary alicyclic amines) is 1. The lowest BCUT2D eigenvalue weighted by molar-refractivity contribution is -0.149. The zero-order valence-corrected chi connectivity index (χ0v) is 12.6. The van der Waals surface area contributed by atoms with Gasteiger partial charge < -0.3 is 10.0 Å². The van der Waals surface area contributed by atoms with E-state index >= 15 is 0 Å². The van der Waals surface area contributed by atoms with E-state index in [1.807, 2.05) is 12.1 Å². The highest BCUT2D eigenvalue weighted by molar-refractivity contribution is 9.10. The fraction of sp³-hybridized carbons (Fsp3) is 0.467. The Hall–Kier alpha value is -1.36. The van der Waals surface area contributed by atoms with Gasteiger partial charge >= 0.3 is 5.97 Å². The molecule has 5 heteroatoms. The Balaban J connectivity index is 1.84. The smallest absolute Gasteiger partial charge is 0.311 e. The Morgan fingerprint density at radius 3 is 2.85 bits per heavy atom. The Kier molecular flexibility index (Phi) is 3.32. The van der Waals surface area contributed by atoms with Gasteiger partial charge in [0, 0.05) is 23.1 Å². The molecule has 4 nitrogen and oxygen atoms in total. The van der Waals surface area contributed by atoms with Gasteiger partial charge in [-0.1, -0.05) is 28.4 Å². The number of hydrogen-bond donors (Lipinski definition) is 1. The van der Waals surface area contributed by atoms with Crippen molar-refractivity contribution in [3.63, 3.8) is 0 Å². The van der Waals surface area contributed by atoms with E-state index in [1.54, 1.807) is 17.0 Å². The first-order valence-corrected chi connectivity index (χ1v) is 7.60. The van der Waals surface area contributed by atoms with Crippen LogP contribution in [0.2, 0.25) is 0 Å². The summed E-state index contributed by atoms with van der Waals surface area (Å²) in [4.78, 5) is 25.8. The van der Waals surface area contributed by atoms with Gasteiger partial charge in [0.1, 0.15) is 0 Å². The number of hydrogen-bond acceptors (Lipinski definition) is 2. The zero-order chi connectivity index (χ0) is 14.3. The van der Waals surface area contributed by atoms with E-state index in [0.717, 1.165) is 17.3 Å². The molecule has 0 unspecified atom stereocenters. The Morgan fingerprint density at radius 2 is 2.20 bits per heavy atom. The van der Waals surface area contributed by atoms with Crippen molar-refractivity contribution in [2.75, 3.05) is 13.1 Å². The molecule has 1 amide bonds. The van der Waals surface area contributed by atoms with Gasteiger partial charge in [-0.25, -0.2) is 0 Å². The lowest BCUT2D eigenvalue weighted by Gasteiger charge is -2.23. The van der Waals surface area contributed by atoms with Gasteiger partial charge in [-0.2, -0.15) is 0 Å². The number of fused-ring (bicyclic) bond motifs is 1. The second kappa shape index (κ2) is 4.88. The van der Waals surface area contributed by atoms with Crippen molar-refractivity contribution in [1.82, 2.24) is 4.90 Å². The van der Waals surface area contributed by atoms with Crippen molar-refractivity contribution >= 4 is 27.8 Å². The molecule has 0 bridgehead atoms. The first-order chi connectivity index (χ1) is 9.53. The van der Waals surface area contributed by atoms with Crippen LogP contribution in [0.5, 0.6) is 0 Å². The minimum Gasteiger partial charge on any atom is -0.481 e. The third-order valence-corrected chi connectivity index (χ3v) is 5.15. The van der Waals surface area contributed by atoms with Crippen LogP contribution in [0.4, 0.5) is 0 Å². The monoisotopic (exact) mass is 337 g/mol. The normalized spacial score (nSPS) is 28.4. The fourth-order valence-corrected chi connectivity index (χ4v) is 4.00. The maximum atomic E-state index is 12.5. The van der Waals surface area contributed by atoms with Crippen LogP contribution in [0.1, 0.15) is 29.6 Å². The molecule has 1 aromatic carbocycles. The average molecular weight is 338 g/mol. The van der Waals surface area contributed by atoms with Crippen LogP contribution in [0.15, 0.2) is 28.7 Å². The van der Waals surface area contributed by atoms with Crippen LogP contribution >= 0.6 is 15.9 Å². The average Bonchev–Trinajstić information content (AvgIpc) is 2.95. The number of benzene rings is 1. The van der Waals surface area contributed by atoms with Crippen molar-refractivity contribution in [1.29, 1.82) is 0 Å². The first-order valence-electron chi connectivity index (χ1n) is 6.81. The van der Waals surface area contributed by atoms with E-state index in [1.165, 1.54) is 0 Å². The number of carboxylic acids is 1. The predicted octanol–water partition coefficient (Wildman–Crippen LogP) is 2.78. The van der Waals surface area contributed by atoms with Gasteiger partial charge in [-0.3, -0.25) is 9.59 Å². The highest BCUT2D eigenvalue weighted by Gasteiger charge is 2.55. The molecule has 1 saturated carbocycles. The van der Waals surface area contributed by atoms with Gasteiger partial charge in [-0.05, 0) is 37.0 Å². The number of rotatable bonds is 2. The Morgan fingerprint density at radius 1 is 1.40 bits per heavy atom. The molecule has 3 rings (SSSR count). The van der Waals surface area contributed by atoms with E-state index in [2.05, 4.69) is 15.9 Å². The molecule has 20 heavy (non-hydrogen) atoms. The van der Waals surface area contributed by atoms with Gasteiger partial charge in [0.15, 0.2) is 0 Å². The van der Waals surface area contributed by atoms with Gasteiger partial charge in [-0.15, -0.1) is 0 Å². The second-order valence-corrected chi connectivity index (χ2v) is 6.66. The summed E-state index contributed by atoms with van der Waals surface area (Å²) in [6.45, 7) is 0.913. The lowest BCUT2D eigenvalue weighted by Crippen LogP contribution is -2.37. The molecule has 2 aliphatic rings. The van der Waals surface area contributed by atoms with E-state index in [9.17, 15) is 14.7 Å². The summed E-state index contributed by atoms with van der Waals surface area (Å²) < 4.78 is 0.857. The molecule has 1 aromatic rings. The quantitative estimate of drug-likeness (QED) is 0.902. The summed E-state index contributed by atoms with van der Waals surface area (Å²) >= 11 is 3.36. The van der Waals surface area contributed by atoms with Crippen molar-refractivity contribution in [2.45, 2.75) is 19.3 Å². The maximum absolute atomic E-state index is 12.5. The first kappa shape index (κ1) is 13.6. The predicted molar refractivity (Wildman–Crippen MR) is 77.5 cm³/mol. The third-order valence-electron chi connectivity index (χ3n) is 4.66. The molecule has 1 aliphatic heterocycles. The molecule has 0 radical (unpaired) electrons. The third kappa shape index (κ3) is 2.04. The van der Waals surface area contributed by atoms with Crippen LogP contribution in [-0.4, -0.2) is 35.0 Å². The Labute approximate surface area is 125 Å². The SMILES string of the molecule is O=C(c1cccc(Br)c1)N1C[C@@H]2CCC[C@@]2(C(=O)O)C1. The number of carbonyl (C=O) groups excluding carboxylic acids is 1. The summed E-state index contributed by atoms with van der Waals surface area (Å²) in [5.41, 5.74) is -0.0957. The molecule has 0 spiro atoms. The van der Waals surface area contributed by atoms with Crippen LogP contribution in [-0.2, 0) is 4.79 Å². The number of nitrogens with zero attached hydrogens (tertiary/aromatic N) is 1. The summed E-state index contributed by atoms with van der Waals surface area (Å²) in [5.74, 6) is -0.707. The molecule has 1 saturated heterocycles. The van der Waals surface area contributed by atoms with Crippen LogP contribution < -0.4 is 0 Å². The van der Waals surface area contributed by atoms with Crippen molar-refractivity contribution < 1.29 is 14.7 Å². The zero-order valence-electron chi connectivity index (χ0n) is 11.0. The molecule has 1 heterocycles. The van der Waals surface area contributed by atoms with E-state index < -0.39 is 11.4 Å². The standard InChI is InChI=1S/C15H16BrNO3/c16-12-5-1-3-10(7-12)13(18)17-8-11-4-2-6-15(11,9-17)14(19)20/h1,3,5,7,11H,2,4,6,8-9H2,(H,19,20)/t11-,15+/m0/s1. The molecule has 2 atom stereocenters. The van der Waals surface area contributed by atoms with Gasteiger partial charge in [0.05, 0.1) is 5.41 Å². The van der Waals surface area contributed by atoms with Crippen LogP contribution in [0.3, 0.4) is 0 Å². The highest BCUT2D eigenvalue weighted by Crippen LogP contribution is 2.49. The molecule has 106 valence electrons. The van der Waals surface area contributed by atoms with E-state index in [0.29, 0.717) is 25.1 Å². The topological polar surface area (TPSA) is 57.6 Å². The highest BCUT2D eigenvalue weighted by atomic mass is 79.9. The van der Waals surface area contributed by atoms with E-state index in [-0.39, 0.29) is 11.8 Å². The lowest BCUT2D eigenvalue weighted by atomic mass is 9.81. The molecular weight excluding hydrogens is 322 g/mol. The summed E-state index contributed by atoms with van der Waals surface area (Å²) in [6, 6.07) is 7.24. The minimum atomic E-state index is -0.746. The van der Waals surface area contributed by atoms with Gasteiger partial charge in [0.25, 0.3) is 5.91 Å². The van der Waals surface area contributed by atoms with Crippen LogP contribution in [0, 0.1) is 11.3 Å². The number of carboxylic acid groups (broad SMARTS) is 1. The fourth-order valence-electron chi connectivity index (χ4n) is 3.60. The summed E-state index contributed by atoms with van der Waals surface area (Å²) in [5, 5.41) is 9.54. The number of aliphatic carboxylic acids is 1. The molecular formula is C15H16BrNO3. The number of carbonyl (C=O) groups is 2. The summed E-state index contributed by atoms with van der Waals surface area (Å²) in [7, 11) is 0. The molecule has 1 N–H and O–H groups in total. The number of halogens is 1. The van der Waals surface area contributed by atoms with Gasteiger partial charge in [0.2, 0.25) is 0 Å². The van der Waals surface area contributed by atoms with Crippen molar-refractivity contribution in [3.8, 4) is 0 Å². The second-order valence-electron chi connectivity index (χ2n) is 5.75. The maximum Gasteiger partial charge on any atom is 0.311 e. The molecule has 0 aromatic heterocycles. The number of amides is 1. The minimum absolute atomic E-state index is 0.0682. The Bertz CT molecular complexity index is 574. The summed E-state index contributed by atoms with van der Waals surface area (Å²) in [6.07, 6.45) is 2.56. The largest absolute Gasteiger partial charge is 0.481 e. The van der Waals surface area contributed by atoms with Crippen molar-refractivity contribution in [3.05, 3.63) is 34.3 Å². The van der Waals surface area contributed by atoms with E-state index in [4.69, 9.17) is 0 Å². The molecule has 1 aliphatic carbocycles.